The SMILES string of the molecule is COc1cccc(CCNC(=O)c2cc(C)nn2C)c1. The van der Waals surface area contributed by atoms with Crippen LogP contribution < -0.4 is 10.1 Å². The number of amides is 1. The van der Waals surface area contributed by atoms with E-state index in [-0.39, 0.29) is 5.91 Å². The van der Waals surface area contributed by atoms with Gasteiger partial charge in [-0.15, -0.1) is 0 Å². The zero-order chi connectivity index (χ0) is 14.5. The zero-order valence-electron chi connectivity index (χ0n) is 12.0. The topological polar surface area (TPSA) is 56.1 Å². The van der Waals surface area contributed by atoms with Gasteiger partial charge < -0.3 is 10.1 Å². The first kappa shape index (κ1) is 14.1. The van der Waals surface area contributed by atoms with Gasteiger partial charge in [0.05, 0.1) is 12.8 Å². The van der Waals surface area contributed by atoms with Gasteiger partial charge in [-0.1, -0.05) is 12.1 Å². The van der Waals surface area contributed by atoms with E-state index < -0.39 is 0 Å². The molecule has 1 heterocycles. The maximum atomic E-state index is 12.0. The van der Waals surface area contributed by atoms with Crippen molar-refractivity contribution < 1.29 is 9.53 Å². The molecule has 0 aliphatic rings. The lowest BCUT2D eigenvalue weighted by Crippen LogP contribution is -2.27. The van der Waals surface area contributed by atoms with Crippen LogP contribution in [0.2, 0.25) is 0 Å². The molecule has 5 nitrogen and oxygen atoms in total. The molecule has 0 radical (unpaired) electrons. The summed E-state index contributed by atoms with van der Waals surface area (Å²) in [5.41, 5.74) is 2.55. The number of nitrogens with one attached hydrogen (secondary N) is 1. The van der Waals surface area contributed by atoms with Crippen molar-refractivity contribution in [2.45, 2.75) is 13.3 Å². The minimum Gasteiger partial charge on any atom is -0.497 e. The summed E-state index contributed by atoms with van der Waals surface area (Å²) >= 11 is 0. The third kappa shape index (κ3) is 3.38. The quantitative estimate of drug-likeness (QED) is 0.902. The Hall–Kier alpha value is -2.30. The van der Waals surface area contributed by atoms with E-state index in [1.807, 2.05) is 31.2 Å². The Balaban J connectivity index is 1.89. The number of hydrogen-bond acceptors (Lipinski definition) is 3. The van der Waals surface area contributed by atoms with E-state index in [0.29, 0.717) is 12.2 Å². The summed E-state index contributed by atoms with van der Waals surface area (Å²) in [4.78, 5) is 12.0. The number of aryl methyl sites for hydroxylation is 2. The zero-order valence-corrected chi connectivity index (χ0v) is 12.0. The Morgan fingerprint density at radius 3 is 2.85 bits per heavy atom. The minimum absolute atomic E-state index is 0.101. The van der Waals surface area contributed by atoms with Gasteiger partial charge in [-0.2, -0.15) is 5.10 Å². The molecule has 0 atom stereocenters. The van der Waals surface area contributed by atoms with Gasteiger partial charge >= 0.3 is 0 Å². The summed E-state index contributed by atoms with van der Waals surface area (Å²) in [5.74, 6) is 0.729. The molecule has 0 bridgehead atoms. The van der Waals surface area contributed by atoms with E-state index in [9.17, 15) is 4.79 Å². The molecule has 1 aromatic carbocycles. The average Bonchev–Trinajstić information content (AvgIpc) is 2.78. The fourth-order valence-electron chi connectivity index (χ4n) is 2.06. The highest BCUT2D eigenvalue weighted by atomic mass is 16.5. The number of rotatable bonds is 5. The molecule has 20 heavy (non-hydrogen) atoms. The first-order valence-electron chi connectivity index (χ1n) is 6.52. The lowest BCUT2D eigenvalue weighted by atomic mass is 10.1. The molecule has 0 aliphatic carbocycles. The van der Waals surface area contributed by atoms with Gasteiger partial charge in [-0.25, -0.2) is 0 Å². The van der Waals surface area contributed by atoms with Gasteiger partial charge in [-0.3, -0.25) is 9.48 Å². The van der Waals surface area contributed by atoms with Crippen LogP contribution in [0.1, 0.15) is 21.7 Å². The summed E-state index contributed by atoms with van der Waals surface area (Å²) < 4.78 is 6.76. The molecule has 106 valence electrons. The van der Waals surface area contributed by atoms with E-state index in [1.54, 1.807) is 24.9 Å². The van der Waals surface area contributed by atoms with Crippen LogP contribution in [0, 0.1) is 6.92 Å². The number of aromatic nitrogens is 2. The summed E-state index contributed by atoms with van der Waals surface area (Å²) in [5, 5.41) is 7.06. The Kier molecular flexibility index (Phi) is 4.40. The van der Waals surface area contributed by atoms with Crippen LogP contribution in [-0.4, -0.2) is 29.3 Å². The number of ether oxygens (including phenoxy) is 1. The molecule has 0 aliphatic heterocycles. The monoisotopic (exact) mass is 273 g/mol. The van der Waals surface area contributed by atoms with E-state index in [1.165, 1.54) is 0 Å². The van der Waals surface area contributed by atoms with E-state index in [4.69, 9.17) is 4.74 Å². The minimum atomic E-state index is -0.101. The molecular weight excluding hydrogens is 254 g/mol. The number of benzene rings is 1. The van der Waals surface area contributed by atoms with Crippen LogP contribution in [0.5, 0.6) is 5.75 Å². The second-order valence-corrected chi connectivity index (χ2v) is 4.65. The van der Waals surface area contributed by atoms with Gasteiger partial charge in [-0.05, 0) is 37.1 Å². The molecule has 0 unspecified atom stereocenters. The van der Waals surface area contributed by atoms with Gasteiger partial charge in [0, 0.05) is 13.6 Å². The summed E-state index contributed by atoms with van der Waals surface area (Å²) in [6.45, 7) is 2.45. The largest absolute Gasteiger partial charge is 0.497 e. The van der Waals surface area contributed by atoms with Gasteiger partial charge in [0.25, 0.3) is 5.91 Å². The molecule has 2 rings (SSSR count). The van der Waals surface area contributed by atoms with Crippen molar-refractivity contribution in [1.82, 2.24) is 15.1 Å². The number of methoxy groups -OCH3 is 1. The first-order valence-corrected chi connectivity index (χ1v) is 6.52. The second-order valence-electron chi connectivity index (χ2n) is 4.65. The fourth-order valence-corrected chi connectivity index (χ4v) is 2.06. The van der Waals surface area contributed by atoms with Gasteiger partial charge in [0.1, 0.15) is 11.4 Å². The Bertz CT molecular complexity index is 605. The molecular formula is C15H19N3O2. The predicted octanol–water partition coefficient (Wildman–Crippen LogP) is 1.71. The number of nitrogens with zero attached hydrogens (tertiary/aromatic N) is 2. The van der Waals surface area contributed by atoms with Crippen molar-refractivity contribution in [3.05, 3.63) is 47.3 Å². The van der Waals surface area contributed by atoms with Gasteiger partial charge in [0.2, 0.25) is 0 Å². The Labute approximate surface area is 118 Å². The number of carbonyl (C=O) groups is 1. The highest BCUT2D eigenvalue weighted by Crippen LogP contribution is 2.12. The average molecular weight is 273 g/mol. The van der Waals surface area contributed by atoms with Crippen molar-refractivity contribution in [2.24, 2.45) is 7.05 Å². The molecule has 1 amide bonds. The molecule has 1 aromatic heterocycles. The molecule has 5 heteroatoms. The van der Waals surface area contributed by atoms with E-state index in [0.717, 1.165) is 23.4 Å². The van der Waals surface area contributed by atoms with Crippen LogP contribution in [0.4, 0.5) is 0 Å². The van der Waals surface area contributed by atoms with Crippen LogP contribution >= 0.6 is 0 Å². The van der Waals surface area contributed by atoms with Crippen molar-refractivity contribution in [3.63, 3.8) is 0 Å². The van der Waals surface area contributed by atoms with Crippen molar-refractivity contribution in [2.75, 3.05) is 13.7 Å². The summed E-state index contributed by atoms with van der Waals surface area (Å²) in [6, 6.07) is 9.62. The number of hydrogen-bond donors (Lipinski definition) is 1. The third-order valence-corrected chi connectivity index (χ3v) is 3.07. The molecule has 0 saturated carbocycles. The van der Waals surface area contributed by atoms with Crippen molar-refractivity contribution >= 4 is 5.91 Å². The lowest BCUT2D eigenvalue weighted by molar-refractivity contribution is 0.0944. The van der Waals surface area contributed by atoms with Gasteiger partial charge in [0.15, 0.2) is 0 Å². The predicted molar refractivity (Wildman–Crippen MR) is 77.0 cm³/mol. The molecule has 0 fully saturated rings. The Morgan fingerprint density at radius 1 is 1.40 bits per heavy atom. The highest BCUT2D eigenvalue weighted by molar-refractivity contribution is 5.92. The summed E-state index contributed by atoms with van der Waals surface area (Å²) in [7, 11) is 3.41. The van der Waals surface area contributed by atoms with Crippen LogP contribution in [0.3, 0.4) is 0 Å². The standard InChI is InChI=1S/C15H19N3O2/c1-11-9-14(18(2)17-11)15(19)16-8-7-12-5-4-6-13(10-12)20-3/h4-6,9-10H,7-8H2,1-3H3,(H,16,19). The molecule has 1 N–H and O–H groups in total. The van der Waals surface area contributed by atoms with E-state index in [2.05, 4.69) is 10.4 Å². The van der Waals surface area contributed by atoms with Crippen LogP contribution in [0.25, 0.3) is 0 Å². The Morgan fingerprint density at radius 2 is 2.20 bits per heavy atom. The molecule has 0 saturated heterocycles. The van der Waals surface area contributed by atoms with Crippen LogP contribution in [0.15, 0.2) is 30.3 Å². The molecule has 2 aromatic rings. The second kappa shape index (κ2) is 6.23. The van der Waals surface area contributed by atoms with Crippen molar-refractivity contribution in [1.29, 1.82) is 0 Å². The van der Waals surface area contributed by atoms with Crippen molar-refractivity contribution in [3.8, 4) is 5.75 Å². The smallest absolute Gasteiger partial charge is 0.269 e. The maximum absolute atomic E-state index is 12.0. The highest BCUT2D eigenvalue weighted by Gasteiger charge is 2.10. The normalized spacial score (nSPS) is 10.3. The fraction of sp³-hybridized carbons (Fsp3) is 0.333. The van der Waals surface area contributed by atoms with E-state index >= 15 is 0 Å². The third-order valence-electron chi connectivity index (χ3n) is 3.07. The lowest BCUT2D eigenvalue weighted by Gasteiger charge is -2.06. The summed E-state index contributed by atoms with van der Waals surface area (Å²) in [6.07, 6.45) is 0.764. The molecule has 0 spiro atoms. The maximum Gasteiger partial charge on any atom is 0.269 e. The first-order chi connectivity index (χ1) is 9.60. The van der Waals surface area contributed by atoms with Crippen LogP contribution in [-0.2, 0) is 13.5 Å². The number of carbonyl (C=O) groups excluding carboxylic acids is 1.